The average molecular weight is 232 g/mol. The third-order valence-electron chi connectivity index (χ3n) is 3.94. The molecular formula is C14H20N2O. The minimum atomic E-state index is -0.0815. The summed E-state index contributed by atoms with van der Waals surface area (Å²) in [6.45, 7) is 5.86. The fraction of sp³-hybridized carbons (Fsp3) is 0.500. The Morgan fingerprint density at radius 3 is 2.59 bits per heavy atom. The molecule has 3 nitrogen and oxygen atoms in total. The molecule has 0 bridgehead atoms. The van der Waals surface area contributed by atoms with Gasteiger partial charge in [0.05, 0.1) is 0 Å². The molecule has 2 rings (SSSR count). The van der Waals surface area contributed by atoms with Crippen molar-refractivity contribution in [1.29, 1.82) is 0 Å². The van der Waals surface area contributed by atoms with Crippen molar-refractivity contribution in [2.45, 2.75) is 44.6 Å². The summed E-state index contributed by atoms with van der Waals surface area (Å²) in [5.74, 6) is -0.0474. The van der Waals surface area contributed by atoms with Gasteiger partial charge in [-0.15, -0.1) is 0 Å². The van der Waals surface area contributed by atoms with Crippen LogP contribution in [0.3, 0.4) is 0 Å². The molecule has 0 aliphatic heterocycles. The Balaban J connectivity index is 2.30. The van der Waals surface area contributed by atoms with E-state index in [-0.39, 0.29) is 16.9 Å². The van der Waals surface area contributed by atoms with Crippen LogP contribution in [0.25, 0.3) is 0 Å². The first-order chi connectivity index (χ1) is 7.85. The summed E-state index contributed by atoms with van der Waals surface area (Å²) >= 11 is 0. The van der Waals surface area contributed by atoms with Crippen LogP contribution in [0.2, 0.25) is 0 Å². The lowest BCUT2D eigenvalue weighted by molar-refractivity contribution is -0.114. The number of amides is 1. The zero-order valence-electron chi connectivity index (χ0n) is 10.7. The van der Waals surface area contributed by atoms with E-state index in [1.165, 1.54) is 12.5 Å². The van der Waals surface area contributed by atoms with E-state index in [4.69, 9.17) is 5.73 Å². The maximum atomic E-state index is 11.0. The van der Waals surface area contributed by atoms with Gasteiger partial charge in [0.1, 0.15) is 0 Å². The minimum Gasteiger partial charge on any atom is -0.326 e. The number of hydrogen-bond acceptors (Lipinski definition) is 2. The fourth-order valence-corrected chi connectivity index (χ4v) is 2.24. The van der Waals surface area contributed by atoms with Crippen LogP contribution in [0.15, 0.2) is 24.3 Å². The van der Waals surface area contributed by atoms with Crippen molar-refractivity contribution < 1.29 is 4.79 Å². The highest BCUT2D eigenvalue weighted by molar-refractivity contribution is 5.88. The zero-order valence-corrected chi connectivity index (χ0v) is 10.7. The molecule has 0 radical (unpaired) electrons. The van der Waals surface area contributed by atoms with E-state index in [0.717, 1.165) is 18.5 Å². The van der Waals surface area contributed by atoms with Crippen LogP contribution in [0.4, 0.5) is 5.69 Å². The number of benzene rings is 1. The highest BCUT2D eigenvalue weighted by atomic mass is 16.1. The van der Waals surface area contributed by atoms with Crippen molar-refractivity contribution in [3.63, 3.8) is 0 Å². The average Bonchev–Trinajstić information content (AvgIpc) is 2.97. The van der Waals surface area contributed by atoms with Gasteiger partial charge >= 0.3 is 0 Å². The van der Waals surface area contributed by atoms with E-state index in [0.29, 0.717) is 0 Å². The van der Waals surface area contributed by atoms with E-state index in [1.54, 1.807) is 0 Å². The Hall–Kier alpha value is -1.35. The first-order valence-corrected chi connectivity index (χ1v) is 6.02. The summed E-state index contributed by atoms with van der Waals surface area (Å²) in [4.78, 5) is 11.0. The van der Waals surface area contributed by atoms with Gasteiger partial charge in [0.2, 0.25) is 5.91 Å². The molecule has 0 spiro atoms. The summed E-state index contributed by atoms with van der Waals surface area (Å²) in [5, 5.41) is 2.81. The van der Waals surface area contributed by atoms with E-state index in [2.05, 4.69) is 25.2 Å². The third kappa shape index (κ3) is 2.20. The molecule has 1 amide bonds. The van der Waals surface area contributed by atoms with Gasteiger partial charge in [0.15, 0.2) is 0 Å². The highest BCUT2D eigenvalue weighted by Gasteiger charge is 2.51. The van der Waals surface area contributed by atoms with Gasteiger partial charge in [0, 0.05) is 23.6 Å². The second-order valence-corrected chi connectivity index (χ2v) is 5.54. The molecule has 1 aliphatic rings. The van der Waals surface area contributed by atoms with Crippen molar-refractivity contribution in [1.82, 2.24) is 0 Å². The molecule has 1 saturated carbocycles. The number of nitrogens with two attached hydrogens (primary N) is 1. The monoisotopic (exact) mass is 232 g/mol. The molecule has 17 heavy (non-hydrogen) atoms. The molecule has 0 saturated heterocycles. The summed E-state index contributed by atoms with van der Waals surface area (Å²) < 4.78 is 0. The van der Waals surface area contributed by atoms with Crippen LogP contribution in [0, 0.1) is 0 Å². The number of carbonyl (C=O) groups is 1. The Kier molecular flexibility index (Phi) is 2.74. The predicted octanol–water partition coefficient (Wildman–Crippen LogP) is 2.41. The molecule has 1 aromatic carbocycles. The van der Waals surface area contributed by atoms with Gasteiger partial charge in [-0.25, -0.2) is 0 Å². The first-order valence-electron chi connectivity index (χ1n) is 6.02. The smallest absolute Gasteiger partial charge is 0.221 e. The van der Waals surface area contributed by atoms with E-state index >= 15 is 0 Å². The van der Waals surface area contributed by atoms with Crippen LogP contribution in [-0.4, -0.2) is 11.4 Å². The van der Waals surface area contributed by atoms with E-state index in [9.17, 15) is 4.79 Å². The van der Waals surface area contributed by atoms with Gasteiger partial charge in [-0.2, -0.15) is 0 Å². The summed E-state index contributed by atoms with van der Waals surface area (Å²) in [6, 6.07) is 7.97. The Bertz CT molecular complexity index is 447. The standard InChI is InChI=1S/C14H20N2O/c1-10(17)16-12-6-4-5-11(9-12)13(2,3)14(15)7-8-14/h4-6,9H,7-8,15H2,1-3H3,(H,16,17). The molecule has 0 unspecified atom stereocenters. The molecule has 0 heterocycles. The molecule has 3 heteroatoms. The van der Waals surface area contributed by atoms with E-state index < -0.39 is 0 Å². The molecule has 0 atom stereocenters. The summed E-state index contributed by atoms with van der Waals surface area (Å²) in [6.07, 6.45) is 2.15. The SMILES string of the molecule is CC(=O)Nc1cccc(C(C)(C)C2(N)CC2)c1. The second-order valence-electron chi connectivity index (χ2n) is 5.54. The Morgan fingerprint density at radius 1 is 1.41 bits per heavy atom. The predicted molar refractivity (Wildman–Crippen MR) is 69.9 cm³/mol. The van der Waals surface area contributed by atoms with Crippen LogP contribution in [0.5, 0.6) is 0 Å². The number of rotatable bonds is 3. The lowest BCUT2D eigenvalue weighted by Gasteiger charge is -2.32. The van der Waals surface area contributed by atoms with Gasteiger partial charge in [0.25, 0.3) is 0 Å². The fourth-order valence-electron chi connectivity index (χ4n) is 2.24. The Labute approximate surface area is 102 Å². The number of anilines is 1. The van der Waals surface area contributed by atoms with Crippen LogP contribution in [0.1, 0.15) is 39.2 Å². The molecule has 1 aromatic rings. The van der Waals surface area contributed by atoms with Crippen molar-refractivity contribution in [2.75, 3.05) is 5.32 Å². The van der Waals surface area contributed by atoms with E-state index in [1.807, 2.05) is 18.2 Å². The van der Waals surface area contributed by atoms with Gasteiger partial charge in [-0.1, -0.05) is 26.0 Å². The molecule has 1 fully saturated rings. The summed E-state index contributed by atoms with van der Waals surface area (Å²) in [5.41, 5.74) is 8.21. The number of carbonyl (C=O) groups excluding carboxylic acids is 1. The van der Waals surface area contributed by atoms with Gasteiger partial charge < -0.3 is 11.1 Å². The van der Waals surface area contributed by atoms with Crippen molar-refractivity contribution in [3.8, 4) is 0 Å². The molecule has 3 N–H and O–H groups in total. The molecule has 0 aromatic heterocycles. The maximum absolute atomic E-state index is 11.0. The largest absolute Gasteiger partial charge is 0.326 e. The minimum absolute atomic E-state index is 0.0474. The zero-order chi connectivity index (χ0) is 12.7. The summed E-state index contributed by atoms with van der Waals surface area (Å²) in [7, 11) is 0. The molecule has 1 aliphatic carbocycles. The van der Waals surface area contributed by atoms with Crippen LogP contribution in [-0.2, 0) is 10.2 Å². The third-order valence-corrected chi connectivity index (χ3v) is 3.94. The normalized spacial score (nSPS) is 17.6. The van der Waals surface area contributed by atoms with Crippen LogP contribution < -0.4 is 11.1 Å². The van der Waals surface area contributed by atoms with Crippen LogP contribution >= 0.6 is 0 Å². The Morgan fingerprint density at radius 2 is 2.06 bits per heavy atom. The molecule has 92 valence electrons. The first kappa shape index (κ1) is 12.1. The van der Waals surface area contributed by atoms with Crippen molar-refractivity contribution >= 4 is 11.6 Å². The lowest BCUT2D eigenvalue weighted by Crippen LogP contribution is -2.43. The van der Waals surface area contributed by atoms with Gasteiger partial charge in [-0.05, 0) is 30.5 Å². The molecular weight excluding hydrogens is 212 g/mol. The number of hydrogen-bond donors (Lipinski definition) is 2. The van der Waals surface area contributed by atoms with Gasteiger partial charge in [-0.3, -0.25) is 4.79 Å². The topological polar surface area (TPSA) is 55.1 Å². The maximum Gasteiger partial charge on any atom is 0.221 e. The van der Waals surface area contributed by atoms with Crippen molar-refractivity contribution in [2.24, 2.45) is 5.73 Å². The quantitative estimate of drug-likeness (QED) is 0.841. The lowest BCUT2D eigenvalue weighted by atomic mass is 9.76. The van der Waals surface area contributed by atoms with Crippen molar-refractivity contribution in [3.05, 3.63) is 29.8 Å². The highest BCUT2D eigenvalue weighted by Crippen LogP contribution is 2.49. The number of nitrogens with one attached hydrogen (secondary N) is 1. The second kappa shape index (κ2) is 3.84.